The van der Waals surface area contributed by atoms with Crippen molar-refractivity contribution < 1.29 is 18.1 Å². The third kappa shape index (κ3) is 4.64. The van der Waals surface area contributed by atoms with Crippen LogP contribution in [0.5, 0.6) is 5.75 Å². The Morgan fingerprint density at radius 3 is 2.52 bits per heavy atom. The maximum atomic E-state index is 12.4. The molecule has 0 aliphatic heterocycles. The molecule has 23 heavy (non-hydrogen) atoms. The Morgan fingerprint density at radius 2 is 2.00 bits per heavy atom. The van der Waals surface area contributed by atoms with E-state index >= 15 is 0 Å². The van der Waals surface area contributed by atoms with Gasteiger partial charge in [-0.25, -0.2) is 8.42 Å². The predicted octanol–water partition coefficient (Wildman–Crippen LogP) is 2.31. The Morgan fingerprint density at radius 1 is 1.35 bits per heavy atom. The second-order valence-corrected chi connectivity index (χ2v) is 6.52. The molecule has 0 spiro atoms. The number of benzene rings is 1. The monoisotopic (exact) mass is 341 g/mol. The Bertz CT molecular complexity index is 693. The van der Waals surface area contributed by atoms with E-state index in [2.05, 4.69) is 0 Å². The molecule has 0 N–H and O–H groups in total. The number of rotatable bonds is 9. The van der Waals surface area contributed by atoms with Crippen molar-refractivity contribution in [2.24, 2.45) is 0 Å². The van der Waals surface area contributed by atoms with Gasteiger partial charge in [0, 0.05) is 25.6 Å². The van der Waals surface area contributed by atoms with E-state index in [0.717, 1.165) is 6.07 Å². The van der Waals surface area contributed by atoms with Crippen molar-refractivity contribution in [1.29, 1.82) is 5.26 Å². The maximum Gasteiger partial charge on any atom is 0.312 e. The third-order valence-electron chi connectivity index (χ3n) is 3.16. The number of hydrogen-bond acceptors (Lipinski definition) is 6. The van der Waals surface area contributed by atoms with Crippen molar-refractivity contribution >= 4 is 15.7 Å². The van der Waals surface area contributed by atoms with Crippen molar-refractivity contribution in [1.82, 2.24) is 4.31 Å². The second kappa shape index (κ2) is 8.45. The number of unbranched alkanes of at least 4 members (excludes halogenated alkanes) is 1. The van der Waals surface area contributed by atoms with Crippen LogP contribution in [0.25, 0.3) is 0 Å². The van der Waals surface area contributed by atoms with Gasteiger partial charge in [-0.2, -0.15) is 9.57 Å². The number of nitriles is 1. The minimum absolute atomic E-state index is 0.00793. The number of sulfonamides is 1. The van der Waals surface area contributed by atoms with E-state index in [4.69, 9.17) is 10.00 Å². The average Bonchev–Trinajstić information content (AvgIpc) is 2.52. The molecule has 0 saturated carbocycles. The molecule has 1 rings (SSSR count). The number of nitrogens with zero attached hydrogens (tertiary/aromatic N) is 3. The van der Waals surface area contributed by atoms with Crippen LogP contribution in [0, 0.1) is 21.4 Å². The van der Waals surface area contributed by atoms with Crippen LogP contribution in [0.2, 0.25) is 0 Å². The van der Waals surface area contributed by atoms with Crippen LogP contribution in [0.15, 0.2) is 23.1 Å². The number of ether oxygens (including phenoxy) is 1. The summed E-state index contributed by atoms with van der Waals surface area (Å²) < 4.78 is 31.3. The Hall–Kier alpha value is -2.18. The standard InChI is InChI=1S/C14H19N3O5S/c1-3-16(4-2)23(20,21)12-7-8-14(13(11-12)17(18)19)22-10-6-5-9-15/h7-8,11H,3-6,10H2,1-2H3. The maximum absolute atomic E-state index is 12.4. The predicted molar refractivity (Wildman–Crippen MR) is 83.5 cm³/mol. The zero-order chi connectivity index (χ0) is 17.5. The first-order valence-electron chi connectivity index (χ1n) is 7.16. The van der Waals surface area contributed by atoms with E-state index in [0.29, 0.717) is 6.42 Å². The molecule has 0 atom stereocenters. The normalized spacial score (nSPS) is 11.2. The summed E-state index contributed by atoms with van der Waals surface area (Å²) in [5.41, 5.74) is -0.407. The minimum Gasteiger partial charge on any atom is -0.487 e. The molecule has 126 valence electrons. The summed E-state index contributed by atoms with van der Waals surface area (Å²) in [5.74, 6) is -0.00793. The zero-order valence-corrected chi connectivity index (χ0v) is 13.9. The van der Waals surface area contributed by atoms with Gasteiger partial charge in [0.2, 0.25) is 10.0 Å². The highest BCUT2D eigenvalue weighted by Crippen LogP contribution is 2.31. The van der Waals surface area contributed by atoms with Crippen LogP contribution in [0.1, 0.15) is 26.7 Å². The summed E-state index contributed by atoms with van der Waals surface area (Å²) in [5, 5.41) is 19.6. The van der Waals surface area contributed by atoms with Gasteiger partial charge >= 0.3 is 5.69 Å². The molecule has 0 unspecified atom stereocenters. The van der Waals surface area contributed by atoms with Crippen molar-refractivity contribution in [3.05, 3.63) is 28.3 Å². The highest BCUT2D eigenvalue weighted by molar-refractivity contribution is 7.89. The Labute approximate surface area is 135 Å². The molecule has 8 nitrogen and oxygen atoms in total. The van der Waals surface area contributed by atoms with Crippen molar-refractivity contribution in [2.75, 3.05) is 19.7 Å². The van der Waals surface area contributed by atoms with Crippen LogP contribution in [0.4, 0.5) is 5.69 Å². The first-order chi connectivity index (χ1) is 10.9. The largest absolute Gasteiger partial charge is 0.487 e. The lowest BCUT2D eigenvalue weighted by molar-refractivity contribution is -0.386. The van der Waals surface area contributed by atoms with Crippen molar-refractivity contribution in [3.63, 3.8) is 0 Å². The van der Waals surface area contributed by atoms with Gasteiger partial charge < -0.3 is 4.74 Å². The molecule has 0 heterocycles. The molecule has 1 aromatic carbocycles. The quantitative estimate of drug-likeness (QED) is 0.387. The van der Waals surface area contributed by atoms with Gasteiger partial charge in [-0.15, -0.1) is 0 Å². The van der Waals surface area contributed by atoms with E-state index in [1.54, 1.807) is 13.8 Å². The topological polar surface area (TPSA) is 114 Å². The molecule has 1 aromatic rings. The van der Waals surface area contributed by atoms with Crippen LogP contribution in [-0.2, 0) is 10.0 Å². The van der Waals surface area contributed by atoms with Gasteiger partial charge in [0.15, 0.2) is 5.75 Å². The fourth-order valence-electron chi connectivity index (χ4n) is 1.97. The van der Waals surface area contributed by atoms with E-state index in [-0.39, 0.29) is 36.8 Å². The van der Waals surface area contributed by atoms with Gasteiger partial charge in [-0.3, -0.25) is 10.1 Å². The number of nitro groups is 1. The molecule has 0 aromatic heterocycles. The Kier molecular flexibility index (Phi) is 6.93. The van der Waals surface area contributed by atoms with Gasteiger partial charge in [-0.1, -0.05) is 13.8 Å². The van der Waals surface area contributed by atoms with Crippen LogP contribution in [-0.4, -0.2) is 37.3 Å². The first-order valence-corrected chi connectivity index (χ1v) is 8.60. The van der Waals surface area contributed by atoms with Crippen LogP contribution < -0.4 is 4.74 Å². The van der Waals surface area contributed by atoms with Gasteiger partial charge in [0.25, 0.3) is 0 Å². The van der Waals surface area contributed by atoms with Crippen LogP contribution in [0.3, 0.4) is 0 Å². The molecule has 0 aliphatic carbocycles. The SMILES string of the molecule is CCN(CC)S(=O)(=O)c1ccc(OCCCC#N)c([N+](=O)[O-])c1. The number of hydrogen-bond donors (Lipinski definition) is 0. The van der Waals surface area contributed by atoms with Crippen molar-refractivity contribution in [3.8, 4) is 11.8 Å². The average molecular weight is 341 g/mol. The van der Waals surface area contributed by atoms with E-state index < -0.39 is 20.6 Å². The molecule has 0 bridgehead atoms. The van der Waals surface area contributed by atoms with Gasteiger partial charge in [-0.05, 0) is 18.6 Å². The molecule has 0 aliphatic rings. The summed E-state index contributed by atoms with van der Waals surface area (Å²) in [6.07, 6.45) is 0.718. The summed E-state index contributed by atoms with van der Waals surface area (Å²) in [4.78, 5) is 10.3. The fourth-order valence-corrected chi connectivity index (χ4v) is 3.45. The summed E-state index contributed by atoms with van der Waals surface area (Å²) in [6.45, 7) is 4.10. The summed E-state index contributed by atoms with van der Waals surface area (Å²) >= 11 is 0. The van der Waals surface area contributed by atoms with Crippen LogP contribution >= 0.6 is 0 Å². The highest BCUT2D eigenvalue weighted by Gasteiger charge is 2.26. The van der Waals surface area contributed by atoms with Crippen molar-refractivity contribution in [2.45, 2.75) is 31.6 Å². The molecule has 0 amide bonds. The molecular formula is C14H19N3O5S. The van der Waals surface area contributed by atoms with Gasteiger partial charge in [0.1, 0.15) is 0 Å². The molecular weight excluding hydrogens is 322 g/mol. The Balaban J connectivity index is 3.13. The molecule has 0 radical (unpaired) electrons. The van der Waals surface area contributed by atoms with E-state index in [9.17, 15) is 18.5 Å². The fraction of sp³-hybridized carbons (Fsp3) is 0.500. The van der Waals surface area contributed by atoms with E-state index in [1.165, 1.54) is 16.4 Å². The smallest absolute Gasteiger partial charge is 0.312 e. The minimum atomic E-state index is -3.77. The zero-order valence-electron chi connectivity index (χ0n) is 13.1. The van der Waals surface area contributed by atoms with E-state index in [1.807, 2.05) is 6.07 Å². The number of nitro benzene ring substituents is 1. The summed E-state index contributed by atoms with van der Waals surface area (Å²) in [6, 6.07) is 5.52. The van der Waals surface area contributed by atoms with Gasteiger partial charge in [0.05, 0.1) is 22.5 Å². The highest BCUT2D eigenvalue weighted by atomic mass is 32.2. The lowest BCUT2D eigenvalue weighted by Gasteiger charge is -2.18. The molecule has 0 fully saturated rings. The lowest BCUT2D eigenvalue weighted by Crippen LogP contribution is -2.30. The molecule has 9 heteroatoms. The second-order valence-electron chi connectivity index (χ2n) is 4.59. The first kappa shape index (κ1) is 18.9. The molecule has 0 saturated heterocycles. The lowest BCUT2D eigenvalue weighted by atomic mass is 10.3. The summed E-state index contributed by atoms with van der Waals surface area (Å²) in [7, 11) is -3.77. The third-order valence-corrected chi connectivity index (χ3v) is 5.21.